The fourth-order valence-corrected chi connectivity index (χ4v) is 4.76. The van der Waals surface area contributed by atoms with Gasteiger partial charge in [-0.3, -0.25) is 9.59 Å². The Bertz CT molecular complexity index is 994. The monoisotopic (exact) mass is 396 g/mol. The van der Waals surface area contributed by atoms with Crippen molar-refractivity contribution in [3.8, 4) is 0 Å². The van der Waals surface area contributed by atoms with Crippen molar-refractivity contribution >= 4 is 23.9 Å². The molecule has 29 heavy (non-hydrogen) atoms. The smallest absolute Gasteiger partial charge is 0.324 e. The number of para-hydroxylation sites is 1. The second-order valence-electron chi connectivity index (χ2n) is 7.75. The summed E-state index contributed by atoms with van der Waals surface area (Å²) in [5, 5.41) is 9.85. The number of halogens is 1. The molecule has 2 aromatic rings. The molecule has 6 nitrogen and oxygen atoms in total. The highest BCUT2D eigenvalue weighted by molar-refractivity contribution is 6.07. The molecule has 4 rings (SSSR count). The van der Waals surface area contributed by atoms with Crippen molar-refractivity contribution in [1.82, 2.24) is 0 Å². The van der Waals surface area contributed by atoms with Crippen LogP contribution in [0.4, 0.5) is 10.1 Å². The van der Waals surface area contributed by atoms with Crippen LogP contribution in [-0.4, -0.2) is 34.8 Å². The van der Waals surface area contributed by atoms with Gasteiger partial charge in [-0.1, -0.05) is 24.3 Å². The first-order valence-corrected chi connectivity index (χ1v) is 9.52. The van der Waals surface area contributed by atoms with E-state index in [9.17, 15) is 23.9 Å². The lowest BCUT2D eigenvalue weighted by Crippen LogP contribution is -2.64. The summed E-state index contributed by atoms with van der Waals surface area (Å²) in [5.41, 5.74) is 5.97. The number of carbonyl (C=O) groups excluding carboxylic acids is 2. The van der Waals surface area contributed by atoms with Crippen molar-refractivity contribution in [1.29, 1.82) is 0 Å². The molecule has 2 unspecified atom stereocenters. The fraction of sp³-hybridized carbons (Fsp3) is 0.318. The molecule has 0 bridgehead atoms. The Kier molecular flexibility index (Phi) is 4.70. The number of carboxylic acid groups (broad SMARTS) is 1. The molecule has 3 N–H and O–H groups in total. The van der Waals surface area contributed by atoms with Gasteiger partial charge in [0.2, 0.25) is 0 Å². The van der Waals surface area contributed by atoms with E-state index < -0.39 is 23.2 Å². The highest BCUT2D eigenvalue weighted by Crippen LogP contribution is 2.54. The molecule has 0 saturated heterocycles. The Hall–Kier alpha value is -3.06. The zero-order valence-corrected chi connectivity index (χ0v) is 15.6. The maximum Gasteiger partial charge on any atom is 0.324 e. The van der Waals surface area contributed by atoms with E-state index >= 15 is 0 Å². The largest absolute Gasteiger partial charge is 0.480 e. The van der Waals surface area contributed by atoms with E-state index in [0.29, 0.717) is 30.4 Å². The normalized spacial score (nSPS) is 24.5. The highest BCUT2D eigenvalue weighted by atomic mass is 19.1. The van der Waals surface area contributed by atoms with Crippen molar-refractivity contribution in [2.24, 2.45) is 11.7 Å². The number of anilines is 1. The lowest BCUT2D eigenvalue weighted by molar-refractivity contribution is -0.147. The number of carbonyl (C=O) groups is 3. The third kappa shape index (κ3) is 2.93. The van der Waals surface area contributed by atoms with Gasteiger partial charge in [-0.2, -0.15) is 0 Å². The molecule has 1 aliphatic carbocycles. The topological polar surface area (TPSA) is 101 Å². The second-order valence-corrected chi connectivity index (χ2v) is 7.75. The van der Waals surface area contributed by atoms with Crippen LogP contribution in [0.1, 0.15) is 41.1 Å². The minimum absolute atomic E-state index is 0.191. The molecular formula is C22H21FN2O4. The van der Waals surface area contributed by atoms with E-state index in [1.54, 1.807) is 35.2 Å². The van der Waals surface area contributed by atoms with Gasteiger partial charge in [0.15, 0.2) is 0 Å². The average molecular weight is 396 g/mol. The first-order chi connectivity index (χ1) is 13.9. The summed E-state index contributed by atoms with van der Waals surface area (Å²) in [4.78, 5) is 38.2. The Labute approximate surface area is 167 Å². The van der Waals surface area contributed by atoms with Crippen LogP contribution in [0.15, 0.2) is 48.5 Å². The van der Waals surface area contributed by atoms with Crippen LogP contribution in [0.2, 0.25) is 0 Å². The molecule has 1 fully saturated rings. The molecule has 4 atom stereocenters. The zero-order valence-electron chi connectivity index (χ0n) is 15.6. The maximum absolute atomic E-state index is 13.7. The van der Waals surface area contributed by atoms with Crippen molar-refractivity contribution in [3.63, 3.8) is 0 Å². The molecule has 0 spiro atoms. The first-order valence-electron chi connectivity index (χ1n) is 9.52. The van der Waals surface area contributed by atoms with Crippen LogP contribution in [0.3, 0.4) is 0 Å². The quantitative estimate of drug-likeness (QED) is 0.757. The Morgan fingerprint density at radius 1 is 1.21 bits per heavy atom. The number of rotatable bonds is 5. The minimum Gasteiger partial charge on any atom is -0.480 e. The molecule has 7 heteroatoms. The average Bonchev–Trinajstić information content (AvgIpc) is 2.68. The summed E-state index contributed by atoms with van der Waals surface area (Å²) in [5.74, 6) is -2.86. The molecule has 0 aromatic heterocycles. The zero-order chi connectivity index (χ0) is 20.8. The molecule has 1 saturated carbocycles. The third-order valence-electron chi connectivity index (χ3n) is 6.25. The van der Waals surface area contributed by atoms with Crippen molar-refractivity contribution in [2.45, 2.75) is 36.8 Å². The molecule has 2 aliphatic rings. The number of fused-ring (bicyclic) bond motifs is 2. The van der Waals surface area contributed by atoms with E-state index in [1.807, 2.05) is 0 Å². The Morgan fingerprint density at radius 3 is 2.59 bits per heavy atom. The van der Waals surface area contributed by atoms with Crippen molar-refractivity contribution < 1.29 is 23.9 Å². The summed E-state index contributed by atoms with van der Waals surface area (Å²) < 4.78 is 13.7. The number of carboxylic acids is 1. The van der Waals surface area contributed by atoms with Crippen LogP contribution in [-0.2, 0) is 9.59 Å². The summed E-state index contributed by atoms with van der Waals surface area (Å²) in [7, 11) is 0. The molecule has 150 valence electrons. The molecule has 0 radical (unpaired) electrons. The van der Waals surface area contributed by atoms with Crippen LogP contribution in [0.5, 0.6) is 0 Å². The number of amides is 1. The van der Waals surface area contributed by atoms with E-state index in [4.69, 9.17) is 5.73 Å². The van der Waals surface area contributed by atoms with Gasteiger partial charge in [0, 0.05) is 29.6 Å². The number of nitrogens with zero attached hydrogens (tertiary/aromatic N) is 1. The highest BCUT2D eigenvalue weighted by Gasteiger charge is 2.57. The second kappa shape index (κ2) is 7.08. The number of nitrogens with two attached hydrogens (primary N) is 1. The number of aldehydes is 1. The summed E-state index contributed by atoms with van der Waals surface area (Å²) >= 11 is 0. The van der Waals surface area contributed by atoms with Gasteiger partial charge in [-0.15, -0.1) is 0 Å². The molecule has 1 aliphatic heterocycles. The van der Waals surface area contributed by atoms with Crippen LogP contribution < -0.4 is 10.6 Å². The van der Waals surface area contributed by atoms with Gasteiger partial charge in [0.25, 0.3) is 5.91 Å². The predicted molar refractivity (Wildman–Crippen MR) is 104 cm³/mol. The number of hydrogen-bond donors (Lipinski definition) is 2. The standard InChI is InChI=1S/C22H21FN2O4/c23-14-5-3-4-13(12-14)20(27)25-17-7-2-1-6-15(17)19(16-8-9-18(16)25)22(24,10-11-26)21(28)29/h1-7,11-12,16,18-19H,8-10,24H2,(H,28,29)/t16-,18+,19?,22?/m0/s1. The number of aliphatic carboxylic acids is 1. The molecule has 1 amide bonds. The van der Waals surface area contributed by atoms with Gasteiger partial charge in [-0.05, 0) is 48.6 Å². The van der Waals surface area contributed by atoms with Crippen LogP contribution in [0.25, 0.3) is 0 Å². The molecule has 2 aromatic carbocycles. The predicted octanol–water partition coefficient (Wildman–Crippen LogP) is 2.72. The van der Waals surface area contributed by atoms with Gasteiger partial charge in [0.1, 0.15) is 17.6 Å². The fourth-order valence-electron chi connectivity index (χ4n) is 4.76. The van der Waals surface area contributed by atoms with E-state index in [2.05, 4.69) is 0 Å². The first kappa shape index (κ1) is 19.3. The Balaban J connectivity index is 1.84. The van der Waals surface area contributed by atoms with Crippen LogP contribution >= 0.6 is 0 Å². The van der Waals surface area contributed by atoms with Gasteiger partial charge < -0.3 is 20.5 Å². The lowest BCUT2D eigenvalue weighted by Gasteiger charge is -2.55. The third-order valence-corrected chi connectivity index (χ3v) is 6.25. The lowest BCUT2D eigenvalue weighted by atomic mass is 9.58. The summed E-state index contributed by atoms with van der Waals surface area (Å²) in [6, 6.07) is 12.3. The Morgan fingerprint density at radius 2 is 1.97 bits per heavy atom. The van der Waals surface area contributed by atoms with E-state index in [1.165, 1.54) is 18.2 Å². The SMILES string of the molecule is NC(CC=O)(C(=O)O)C1c2ccccc2N(C(=O)c2cccc(F)c2)[C@@H]2CC[C@H]12. The summed E-state index contributed by atoms with van der Waals surface area (Å²) in [6.45, 7) is 0. The van der Waals surface area contributed by atoms with Gasteiger partial charge in [-0.25, -0.2) is 4.39 Å². The van der Waals surface area contributed by atoms with Gasteiger partial charge in [0.05, 0.1) is 0 Å². The van der Waals surface area contributed by atoms with Crippen molar-refractivity contribution in [2.75, 3.05) is 4.90 Å². The van der Waals surface area contributed by atoms with Crippen molar-refractivity contribution in [3.05, 3.63) is 65.5 Å². The maximum atomic E-state index is 13.7. The van der Waals surface area contributed by atoms with Gasteiger partial charge >= 0.3 is 5.97 Å². The van der Waals surface area contributed by atoms with Crippen LogP contribution in [0, 0.1) is 11.7 Å². The van der Waals surface area contributed by atoms with E-state index in [0.717, 1.165) is 0 Å². The number of hydrogen-bond acceptors (Lipinski definition) is 4. The molecular weight excluding hydrogens is 375 g/mol. The summed E-state index contributed by atoms with van der Waals surface area (Å²) in [6.07, 6.45) is 1.60. The molecule has 1 heterocycles. The minimum atomic E-state index is -1.75. The van der Waals surface area contributed by atoms with E-state index in [-0.39, 0.29) is 29.9 Å². The number of benzene rings is 2.